The summed E-state index contributed by atoms with van der Waals surface area (Å²) in [5.74, 6) is 0.444. The van der Waals surface area contributed by atoms with E-state index in [0.717, 1.165) is 11.1 Å². The molecule has 0 aromatic heterocycles. The molecule has 3 aromatic carbocycles. The molecule has 0 aliphatic carbocycles. The van der Waals surface area contributed by atoms with Crippen molar-refractivity contribution in [3.05, 3.63) is 95.0 Å². The monoisotopic (exact) mass is 444 g/mol. The summed E-state index contributed by atoms with van der Waals surface area (Å²) >= 11 is 6.10. The molecule has 0 fully saturated rings. The number of halogens is 1. The zero-order valence-corrected chi connectivity index (χ0v) is 17.8. The van der Waals surface area contributed by atoms with E-state index in [-0.39, 0.29) is 9.92 Å². The number of urea groups is 1. The zero-order chi connectivity index (χ0) is 21.6. The molecule has 2 amide bonds. The van der Waals surface area contributed by atoms with Crippen LogP contribution in [0.25, 0.3) is 0 Å². The van der Waals surface area contributed by atoms with E-state index in [1.807, 2.05) is 65.4 Å². The van der Waals surface area contributed by atoms with Crippen LogP contribution in [-0.4, -0.2) is 21.1 Å². The summed E-state index contributed by atoms with van der Waals surface area (Å²) < 4.78 is 32.7. The van der Waals surface area contributed by atoms with Crippen LogP contribution in [0.2, 0.25) is 5.02 Å². The Morgan fingerprint density at radius 1 is 0.967 bits per heavy atom. The molecule has 0 atom stereocenters. The van der Waals surface area contributed by atoms with Gasteiger partial charge in [-0.05, 0) is 30.2 Å². The highest BCUT2D eigenvalue weighted by molar-refractivity contribution is 7.90. The van der Waals surface area contributed by atoms with Crippen LogP contribution in [0.1, 0.15) is 24.1 Å². The lowest BCUT2D eigenvalue weighted by atomic mass is 9.99. The van der Waals surface area contributed by atoms with E-state index in [1.54, 1.807) is 6.92 Å². The summed E-state index contributed by atoms with van der Waals surface area (Å²) in [7, 11) is -4.18. The maximum absolute atomic E-state index is 12.7. The fourth-order valence-corrected chi connectivity index (χ4v) is 4.39. The maximum atomic E-state index is 12.7. The van der Waals surface area contributed by atoms with Gasteiger partial charge in [0.15, 0.2) is 0 Å². The van der Waals surface area contributed by atoms with Crippen molar-refractivity contribution in [3.8, 4) is 5.75 Å². The van der Waals surface area contributed by atoms with Crippen LogP contribution in [0, 0.1) is 0 Å². The van der Waals surface area contributed by atoms with Gasteiger partial charge in [-0.15, -0.1) is 0 Å². The molecule has 0 radical (unpaired) electrons. The number of benzene rings is 3. The van der Waals surface area contributed by atoms with Gasteiger partial charge in [-0.25, -0.2) is 17.9 Å². The molecule has 0 saturated carbocycles. The van der Waals surface area contributed by atoms with Crippen LogP contribution in [0.5, 0.6) is 5.75 Å². The van der Waals surface area contributed by atoms with Gasteiger partial charge in [-0.3, -0.25) is 0 Å². The predicted octanol–water partition coefficient (Wildman–Crippen LogP) is 4.52. The molecule has 0 aliphatic heterocycles. The lowest BCUT2D eigenvalue weighted by Gasteiger charge is -2.20. The largest absolute Gasteiger partial charge is 0.494 e. The van der Waals surface area contributed by atoms with Crippen molar-refractivity contribution in [1.82, 2.24) is 10.0 Å². The molecule has 2 N–H and O–H groups in total. The first-order valence-electron chi connectivity index (χ1n) is 9.26. The summed E-state index contributed by atoms with van der Waals surface area (Å²) in [6.07, 6.45) is 0. The Morgan fingerprint density at radius 3 is 2.03 bits per heavy atom. The fourth-order valence-electron chi connectivity index (χ4n) is 2.94. The van der Waals surface area contributed by atoms with Gasteiger partial charge in [0.1, 0.15) is 10.6 Å². The van der Waals surface area contributed by atoms with Gasteiger partial charge in [-0.2, -0.15) is 0 Å². The highest BCUT2D eigenvalue weighted by Gasteiger charge is 2.24. The van der Waals surface area contributed by atoms with Crippen LogP contribution in [0.3, 0.4) is 0 Å². The van der Waals surface area contributed by atoms with Gasteiger partial charge in [0.05, 0.1) is 17.7 Å². The molecule has 0 unspecified atom stereocenters. The first-order chi connectivity index (χ1) is 14.4. The van der Waals surface area contributed by atoms with E-state index < -0.39 is 22.1 Å². The van der Waals surface area contributed by atoms with E-state index in [9.17, 15) is 13.2 Å². The van der Waals surface area contributed by atoms with Crippen molar-refractivity contribution in [2.45, 2.75) is 17.9 Å². The third-order valence-corrected chi connectivity index (χ3v) is 6.09. The van der Waals surface area contributed by atoms with Gasteiger partial charge < -0.3 is 10.1 Å². The van der Waals surface area contributed by atoms with E-state index in [4.69, 9.17) is 16.3 Å². The smallest absolute Gasteiger partial charge is 0.329 e. The Balaban J connectivity index is 1.81. The third kappa shape index (κ3) is 5.31. The summed E-state index contributed by atoms with van der Waals surface area (Å²) in [6.45, 7) is 2.23. The molecule has 8 heteroatoms. The highest BCUT2D eigenvalue weighted by Crippen LogP contribution is 2.26. The summed E-state index contributed by atoms with van der Waals surface area (Å²) in [5, 5.41) is 2.69. The van der Waals surface area contributed by atoms with E-state index >= 15 is 0 Å². The molecule has 30 heavy (non-hydrogen) atoms. The number of amides is 2. The van der Waals surface area contributed by atoms with Gasteiger partial charge in [0, 0.05) is 6.07 Å². The lowest BCUT2D eigenvalue weighted by molar-refractivity contribution is 0.243. The lowest BCUT2D eigenvalue weighted by Crippen LogP contribution is -2.41. The molecule has 6 nitrogen and oxygen atoms in total. The fraction of sp³-hybridized carbons (Fsp3) is 0.136. The second-order valence-corrected chi connectivity index (χ2v) is 8.42. The Labute approximate surface area is 180 Å². The van der Waals surface area contributed by atoms with E-state index in [0.29, 0.717) is 12.4 Å². The number of ether oxygens (including phenoxy) is 1. The molecule has 156 valence electrons. The van der Waals surface area contributed by atoms with Crippen LogP contribution >= 0.6 is 11.6 Å². The molecule has 3 rings (SSSR count). The summed E-state index contributed by atoms with van der Waals surface area (Å²) in [5.41, 5.74) is 1.63. The van der Waals surface area contributed by atoms with Gasteiger partial charge in [0.25, 0.3) is 10.0 Å². The quantitative estimate of drug-likeness (QED) is 0.561. The maximum Gasteiger partial charge on any atom is 0.329 e. The van der Waals surface area contributed by atoms with Gasteiger partial charge in [0.2, 0.25) is 0 Å². The summed E-state index contributed by atoms with van der Waals surface area (Å²) in [6, 6.07) is 21.3. The number of hydrogen-bond donors (Lipinski definition) is 2. The SMILES string of the molecule is CCOc1ccc(S(=O)(=O)NC(=O)NC(c2ccccc2)c2ccccc2)c(Cl)c1. The second kappa shape index (κ2) is 9.65. The molecule has 0 spiro atoms. The topological polar surface area (TPSA) is 84.5 Å². The summed E-state index contributed by atoms with van der Waals surface area (Å²) in [4.78, 5) is 12.4. The molecular formula is C22H21ClN2O4S. The Kier molecular flexibility index (Phi) is 6.97. The van der Waals surface area contributed by atoms with Crippen molar-refractivity contribution in [2.75, 3.05) is 6.61 Å². The van der Waals surface area contributed by atoms with E-state index in [2.05, 4.69) is 5.32 Å². The second-order valence-electron chi connectivity index (χ2n) is 6.36. The average molecular weight is 445 g/mol. The first kappa shape index (κ1) is 21.7. The molecular weight excluding hydrogens is 424 g/mol. The zero-order valence-electron chi connectivity index (χ0n) is 16.2. The van der Waals surface area contributed by atoms with Crippen LogP contribution in [0.4, 0.5) is 4.79 Å². The van der Waals surface area contributed by atoms with Crippen molar-refractivity contribution < 1.29 is 17.9 Å². The standard InChI is InChI=1S/C22H21ClN2O4S/c1-2-29-18-13-14-20(19(23)15-18)30(27,28)25-22(26)24-21(16-9-5-3-6-10-16)17-11-7-4-8-12-17/h3-15,21H,2H2,1H3,(H2,24,25,26). The Morgan fingerprint density at radius 2 is 1.53 bits per heavy atom. The van der Waals surface area contributed by atoms with Crippen LogP contribution in [-0.2, 0) is 10.0 Å². The molecule has 0 aliphatic rings. The predicted molar refractivity (Wildman–Crippen MR) is 116 cm³/mol. The van der Waals surface area contributed by atoms with Crippen LogP contribution in [0.15, 0.2) is 83.8 Å². The van der Waals surface area contributed by atoms with Crippen molar-refractivity contribution in [1.29, 1.82) is 0 Å². The van der Waals surface area contributed by atoms with Crippen LogP contribution < -0.4 is 14.8 Å². The molecule has 0 saturated heterocycles. The minimum atomic E-state index is -4.18. The van der Waals surface area contributed by atoms with E-state index in [1.165, 1.54) is 18.2 Å². The minimum absolute atomic E-state index is 0.0380. The molecule has 0 heterocycles. The van der Waals surface area contributed by atoms with Crippen molar-refractivity contribution in [3.63, 3.8) is 0 Å². The number of hydrogen-bond acceptors (Lipinski definition) is 4. The number of sulfonamides is 1. The average Bonchev–Trinajstić information content (AvgIpc) is 2.73. The number of nitrogens with one attached hydrogen (secondary N) is 2. The highest BCUT2D eigenvalue weighted by atomic mass is 35.5. The van der Waals surface area contributed by atoms with Gasteiger partial charge >= 0.3 is 6.03 Å². The number of carbonyl (C=O) groups is 1. The third-order valence-electron chi connectivity index (χ3n) is 4.27. The first-order valence-corrected chi connectivity index (χ1v) is 11.1. The van der Waals surface area contributed by atoms with Crippen molar-refractivity contribution in [2.24, 2.45) is 0 Å². The molecule has 0 bridgehead atoms. The normalized spacial score (nSPS) is 11.2. The molecule has 3 aromatic rings. The van der Waals surface area contributed by atoms with Gasteiger partial charge in [-0.1, -0.05) is 72.3 Å². The Hall–Kier alpha value is -3.03. The van der Waals surface area contributed by atoms with Crippen molar-refractivity contribution >= 4 is 27.7 Å². The number of carbonyl (C=O) groups excluding carboxylic acids is 1. The minimum Gasteiger partial charge on any atom is -0.494 e. The Bertz CT molecular complexity index is 1070. The number of rotatable bonds is 7.